The molecule has 38 heavy (non-hydrogen) atoms. The Morgan fingerprint density at radius 3 is 2.03 bits per heavy atom. The first-order valence-corrected chi connectivity index (χ1v) is 14.4. The van der Waals surface area contributed by atoms with Crippen LogP contribution in [0, 0.1) is 0 Å². The van der Waals surface area contributed by atoms with Crippen LogP contribution in [0.1, 0.15) is 22.3 Å². The molecule has 9 rings (SSSR count). The molecule has 2 aliphatic rings. The van der Waals surface area contributed by atoms with Crippen molar-refractivity contribution in [1.82, 2.24) is 0 Å². The number of furan rings is 1. The van der Waals surface area contributed by atoms with Gasteiger partial charge in [-0.25, -0.2) is 0 Å². The number of hydrogen-bond acceptors (Lipinski definition) is 2. The second-order valence-electron chi connectivity index (χ2n) is 10.1. The normalized spacial score (nSPS) is 14.6. The Balaban J connectivity index is 1.61. The molecule has 1 aliphatic carbocycles. The van der Waals surface area contributed by atoms with Gasteiger partial charge in [-0.1, -0.05) is 103 Å². The Labute approximate surface area is 232 Å². The smallest absolute Gasteiger partial charge is 0.150 e. The molecular weight excluding hydrogens is 548 g/mol. The van der Waals surface area contributed by atoms with Crippen LogP contribution in [0.25, 0.3) is 43.8 Å². The molecule has 0 unspecified atom stereocenters. The summed E-state index contributed by atoms with van der Waals surface area (Å²) in [7, 11) is 0. The molecule has 0 saturated carbocycles. The van der Waals surface area contributed by atoms with E-state index < -0.39 is 5.41 Å². The summed E-state index contributed by atoms with van der Waals surface area (Å²) in [5.74, 6) is 0. The third kappa shape index (κ3) is 2.45. The lowest BCUT2D eigenvalue weighted by atomic mass is 9.67. The Hall–Kier alpha value is -3.79. The highest BCUT2D eigenvalue weighted by atomic mass is 79.9. The Morgan fingerprint density at radius 2 is 1.24 bits per heavy atom. The zero-order valence-corrected chi connectivity index (χ0v) is 22.6. The number of hydrogen-bond donors (Lipinski definition) is 0. The molecule has 3 heteroatoms. The summed E-state index contributed by atoms with van der Waals surface area (Å²) in [5.41, 5.74) is 9.35. The molecule has 178 valence electrons. The van der Waals surface area contributed by atoms with Crippen molar-refractivity contribution in [2.75, 3.05) is 0 Å². The number of para-hydroxylation sites is 1. The molecule has 1 aliphatic heterocycles. The van der Waals surface area contributed by atoms with Crippen molar-refractivity contribution in [3.63, 3.8) is 0 Å². The summed E-state index contributed by atoms with van der Waals surface area (Å²) in [4.78, 5) is 2.62. The van der Waals surface area contributed by atoms with E-state index in [2.05, 4.69) is 131 Å². The zero-order chi connectivity index (χ0) is 25.0. The van der Waals surface area contributed by atoms with Crippen molar-refractivity contribution in [3.05, 3.63) is 142 Å². The van der Waals surface area contributed by atoms with Gasteiger partial charge in [-0.2, -0.15) is 0 Å². The van der Waals surface area contributed by atoms with Gasteiger partial charge in [0, 0.05) is 20.6 Å². The summed E-state index contributed by atoms with van der Waals surface area (Å²) < 4.78 is 7.49. The van der Waals surface area contributed by atoms with Gasteiger partial charge in [-0.05, 0) is 84.3 Å². The summed E-state index contributed by atoms with van der Waals surface area (Å²) >= 11 is 5.83. The second-order valence-corrected chi connectivity index (χ2v) is 12.1. The number of benzene rings is 6. The van der Waals surface area contributed by atoms with E-state index in [0.29, 0.717) is 0 Å². The first-order valence-electron chi connectivity index (χ1n) is 12.8. The molecule has 0 fully saturated rings. The lowest BCUT2D eigenvalue weighted by Gasteiger charge is -2.39. The first-order chi connectivity index (χ1) is 18.8. The fourth-order valence-corrected chi connectivity index (χ4v) is 8.69. The van der Waals surface area contributed by atoms with Crippen molar-refractivity contribution in [2.24, 2.45) is 0 Å². The fourth-order valence-electron chi connectivity index (χ4n) is 6.99. The van der Waals surface area contributed by atoms with E-state index in [1.54, 1.807) is 0 Å². The van der Waals surface area contributed by atoms with Crippen LogP contribution in [0.15, 0.2) is 134 Å². The molecule has 0 amide bonds. The molecule has 7 aromatic rings. The molecule has 1 nitrogen and oxygen atoms in total. The van der Waals surface area contributed by atoms with E-state index in [-0.39, 0.29) is 0 Å². The maximum atomic E-state index is 6.50. The van der Waals surface area contributed by atoms with E-state index >= 15 is 0 Å². The molecule has 1 aromatic heterocycles. The van der Waals surface area contributed by atoms with Gasteiger partial charge in [0.1, 0.15) is 11.2 Å². The maximum Gasteiger partial charge on any atom is 0.150 e. The summed E-state index contributed by atoms with van der Waals surface area (Å²) in [6.45, 7) is 0. The van der Waals surface area contributed by atoms with Gasteiger partial charge in [0.25, 0.3) is 0 Å². The third-order valence-corrected chi connectivity index (χ3v) is 10.1. The minimum atomic E-state index is -0.428. The second kappa shape index (κ2) is 7.41. The quantitative estimate of drug-likeness (QED) is 0.181. The van der Waals surface area contributed by atoms with Crippen LogP contribution in [-0.2, 0) is 5.41 Å². The molecule has 0 bridgehead atoms. The van der Waals surface area contributed by atoms with Crippen LogP contribution in [0.2, 0.25) is 0 Å². The summed E-state index contributed by atoms with van der Waals surface area (Å²) in [5, 5.41) is 4.88. The van der Waals surface area contributed by atoms with Gasteiger partial charge >= 0.3 is 0 Å². The van der Waals surface area contributed by atoms with Crippen LogP contribution < -0.4 is 0 Å². The predicted octanol–water partition coefficient (Wildman–Crippen LogP) is 10.3. The van der Waals surface area contributed by atoms with Crippen LogP contribution in [-0.4, -0.2) is 0 Å². The topological polar surface area (TPSA) is 13.1 Å². The maximum absolute atomic E-state index is 6.50. The van der Waals surface area contributed by atoms with Gasteiger partial charge in [0.15, 0.2) is 0 Å². The molecule has 1 spiro atoms. The first kappa shape index (κ1) is 21.2. The Kier molecular flexibility index (Phi) is 4.13. The van der Waals surface area contributed by atoms with Crippen molar-refractivity contribution < 1.29 is 4.42 Å². The molecule has 2 heterocycles. The van der Waals surface area contributed by atoms with Crippen molar-refractivity contribution >= 4 is 60.4 Å². The molecule has 0 radical (unpaired) electrons. The highest BCUT2D eigenvalue weighted by molar-refractivity contribution is 9.10. The van der Waals surface area contributed by atoms with E-state index in [9.17, 15) is 0 Å². The standard InChI is InChI=1S/C35H19BrOS/c36-27-19-26-33(32-22-11-3-6-14-28(22)37-34(27)32)31-21-10-2-1-9-20(21)17-18-25(31)35(26)23-12-4-7-15-29(23)38-30-16-8-5-13-24(30)35/h1-19H. The van der Waals surface area contributed by atoms with Crippen molar-refractivity contribution in [2.45, 2.75) is 15.2 Å². The van der Waals surface area contributed by atoms with Crippen molar-refractivity contribution in [3.8, 4) is 11.1 Å². The van der Waals surface area contributed by atoms with E-state index in [1.807, 2.05) is 11.8 Å². The average molecular weight is 568 g/mol. The average Bonchev–Trinajstić information content (AvgIpc) is 3.49. The molecule has 0 atom stereocenters. The molecule has 0 N–H and O–H groups in total. The summed E-state index contributed by atoms with van der Waals surface area (Å²) in [6.07, 6.45) is 0. The highest BCUT2D eigenvalue weighted by Crippen LogP contribution is 2.65. The number of halogens is 1. The van der Waals surface area contributed by atoms with Crippen LogP contribution in [0.5, 0.6) is 0 Å². The fraction of sp³-hybridized carbons (Fsp3) is 0.0286. The van der Waals surface area contributed by atoms with Gasteiger partial charge in [0.05, 0.1) is 9.89 Å². The summed E-state index contributed by atoms with van der Waals surface area (Å²) in [6, 6.07) is 42.2. The van der Waals surface area contributed by atoms with Gasteiger partial charge in [-0.15, -0.1) is 0 Å². The third-order valence-electron chi connectivity index (χ3n) is 8.39. The Bertz CT molecular complexity index is 2090. The van der Waals surface area contributed by atoms with Crippen LogP contribution in [0.4, 0.5) is 0 Å². The van der Waals surface area contributed by atoms with Gasteiger partial charge < -0.3 is 4.42 Å². The van der Waals surface area contributed by atoms with E-state index in [1.165, 1.54) is 59.3 Å². The minimum Gasteiger partial charge on any atom is -0.455 e. The van der Waals surface area contributed by atoms with E-state index in [0.717, 1.165) is 21.0 Å². The predicted molar refractivity (Wildman–Crippen MR) is 160 cm³/mol. The SMILES string of the molecule is Brc1cc2c(c3c1oc1ccccc13)-c1c(ccc3ccccc13)C21c2ccccc2Sc2ccccc21. The molecule has 6 aromatic carbocycles. The lowest BCUT2D eigenvalue weighted by molar-refractivity contribution is 0.665. The minimum absolute atomic E-state index is 0.428. The molecular formula is C35H19BrOS. The molecule has 0 saturated heterocycles. The zero-order valence-electron chi connectivity index (χ0n) is 20.2. The number of fused-ring (bicyclic) bond motifs is 15. The highest BCUT2D eigenvalue weighted by Gasteiger charge is 2.51. The Morgan fingerprint density at radius 1 is 0.579 bits per heavy atom. The van der Waals surface area contributed by atoms with Crippen LogP contribution in [0.3, 0.4) is 0 Å². The largest absolute Gasteiger partial charge is 0.455 e. The van der Waals surface area contributed by atoms with Crippen LogP contribution >= 0.6 is 27.7 Å². The van der Waals surface area contributed by atoms with Gasteiger partial charge in [-0.3, -0.25) is 0 Å². The van der Waals surface area contributed by atoms with Crippen molar-refractivity contribution in [1.29, 1.82) is 0 Å². The lowest BCUT2D eigenvalue weighted by Crippen LogP contribution is -2.32. The number of rotatable bonds is 0. The monoisotopic (exact) mass is 566 g/mol. The van der Waals surface area contributed by atoms with Gasteiger partial charge in [0.2, 0.25) is 0 Å². The van der Waals surface area contributed by atoms with E-state index in [4.69, 9.17) is 4.42 Å².